The van der Waals surface area contributed by atoms with E-state index in [0.717, 1.165) is 0 Å². The van der Waals surface area contributed by atoms with Gasteiger partial charge < -0.3 is 20.1 Å². The minimum atomic E-state index is -2.96. The lowest BCUT2D eigenvalue weighted by atomic mass is 10.1. The Bertz CT molecular complexity index is 683. The molecule has 8 nitrogen and oxygen atoms in total. The Balaban J connectivity index is 2.63. The average molecular weight is 262 g/mol. The third-order valence-corrected chi connectivity index (χ3v) is 2.67. The van der Waals surface area contributed by atoms with Gasteiger partial charge in [-0.2, -0.15) is 0 Å². The van der Waals surface area contributed by atoms with Gasteiger partial charge in [0.1, 0.15) is 18.3 Å². The predicted octanol–water partition coefficient (Wildman–Crippen LogP) is -2.54. The largest absolute Gasteiger partial charge is 0.394 e. The topological polar surface area (TPSA) is 125 Å². The van der Waals surface area contributed by atoms with Crippen LogP contribution in [0.5, 0.6) is 0 Å². The summed E-state index contributed by atoms with van der Waals surface area (Å²) in [6, 6.07) is 0. The number of rotatable bonds is 2. The van der Waals surface area contributed by atoms with Crippen LogP contribution in [0.15, 0.2) is 15.8 Å². The molecule has 0 aliphatic carbocycles. The van der Waals surface area contributed by atoms with Crippen molar-refractivity contribution in [2.24, 2.45) is 0 Å². The second kappa shape index (κ2) is 4.65. The third kappa shape index (κ3) is 1.99. The van der Waals surface area contributed by atoms with Crippen LogP contribution in [0.1, 0.15) is 17.3 Å². The van der Waals surface area contributed by atoms with Crippen LogP contribution in [0.4, 0.5) is 0 Å². The van der Waals surface area contributed by atoms with E-state index in [1.54, 1.807) is 4.98 Å². The fraction of sp³-hybridized carbons (Fsp3) is 0.600. The summed E-state index contributed by atoms with van der Waals surface area (Å²) < 4.78 is 35.0. The first-order valence-corrected chi connectivity index (χ1v) is 5.08. The quantitative estimate of drug-likeness (QED) is 0.465. The molecule has 0 bridgehead atoms. The summed E-state index contributed by atoms with van der Waals surface area (Å²) in [6.07, 6.45) is -7.00. The van der Waals surface area contributed by atoms with Crippen molar-refractivity contribution in [1.82, 2.24) is 9.55 Å². The number of H-pyrrole nitrogens is 1. The molecule has 0 spiro atoms. The lowest BCUT2D eigenvalue weighted by molar-refractivity contribution is -0.0551. The van der Waals surface area contributed by atoms with E-state index in [-0.39, 0.29) is 0 Å². The molecule has 4 atom stereocenters. The van der Waals surface area contributed by atoms with Gasteiger partial charge in [-0.3, -0.25) is 14.3 Å². The average Bonchev–Trinajstić information content (AvgIpc) is 2.64. The molecular weight excluding hydrogens is 244 g/mol. The minimum absolute atomic E-state index is 0.423. The Morgan fingerprint density at radius 2 is 2.28 bits per heavy atom. The molecule has 2 heterocycles. The van der Waals surface area contributed by atoms with Crippen molar-refractivity contribution in [3.63, 3.8) is 0 Å². The Kier molecular flexibility index (Phi) is 2.22. The molecule has 0 radical (unpaired) electrons. The molecule has 1 fully saturated rings. The Labute approximate surface area is 107 Å². The van der Waals surface area contributed by atoms with E-state index < -0.39 is 61.0 Å². The molecule has 8 heteroatoms. The zero-order chi connectivity index (χ0) is 16.8. The van der Waals surface area contributed by atoms with Gasteiger partial charge in [0.15, 0.2) is 6.23 Å². The predicted molar refractivity (Wildman–Crippen MR) is 59.1 cm³/mol. The van der Waals surface area contributed by atoms with Crippen molar-refractivity contribution in [1.29, 1.82) is 0 Å². The van der Waals surface area contributed by atoms with Crippen LogP contribution in [0.3, 0.4) is 0 Å². The molecular formula is C10H14N2O6. The molecule has 1 aliphatic heterocycles. The van der Waals surface area contributed by atoms with Crippen LogP contribution in [-0.2, 0) is 4.74 Å². The third-order valence-electron chi connectivity index (χ3n) is 2.67. The van der Waals surface area contributed by atoms with E-state index in [9.17, 15) is 19.8 Å². The van der Waals surface area contributed by atoms with Crippen molar-refractivity contribution < 1.29 is 25.5 Å². The molecule has 0 amide bonds. The molecule has 1 aliphatic rings. The van der Waals surface area contributed by atoms with Crippen LogP contribution in [0.25, 0.3) is 0 Å². The maximum atomic E-state index is 11.8. The number of aliphatic hydroxyl groups excluding tert-OH is 3. The second-order valence-corrected chi connectivity index (χ2v) is 3.84. The summed E-state index contributed by atoms with van der Waals surface area (Å²) in [6.45, 7) is -3.62. The summed E-state index contributed by atoms with van der Waals surface area (Å²) in [5, 5.41) is 28.5. The normalized spacial score (nSPS) is 35.7. The van der Waals surface area contributed by atoms with Crippen molar-refractivity contribution in [3.05, 3.63) is 32.6 Å². The summed E-state index contributed by atoms with van der Waals surface area (Å²) in [5.41, 5.74) is -3.35. The van der Waals surface area contributed by atoms with Crippen LogP contribution in [0.2, 0.25) is 0 Å². The van der Waals surface area contributed by atoms with Gasteiger partial charge in [0.05, 0.1) is 7.98 Å². The van der Waals surface area contributed by atoms with Crippen LogP contribution in [0, 0.1) is 6.85 Å². The van der Waals surface area contributed by atoms with Gasteiger partial charge in [0, 0.05) is 15.8 Å². The van der Waals surface area contributed by atoms with Crippen molar-refractivity contribution in [2.45, 2.75) is 31.4 Å². The maximum Gasteiger partial charge on any atom is 0.330 e. The monoisotopic (exact) mass is 262 g/mol. The number of ether oxygens (including phenoxy) is 1. The first-order chi connectivity index (χ1) is 10.1. The smallest absolute Gasteiger partial charge is 0.330 e. The first-order valence-electron chi connectivity index (χ1n) is 7.08. The van der Waals surface area contributed by atoms with Gasteiger partial charge in [-0.15, -0.1) is 0 Å². The number of hydrogen-bond acceptors (Lipinski definition) is 6. The van der Waals surface area contributed by atoms with Crippen molar-refractivity contribution in [3.8, 4) is 0 Å². The van der Waals surface area contributed by atoms with E-state index in [0.29, 0.717) is 4.57 Å². The summed E-state index contributed by atoms with van der Waals surface area (Å²) in [5.74, 6) is 0. The van der Waals surface area contributed by atoms with E-state index >= 15 is 0 Å². The van der Waals surface area contributed by atoms with E-state index in [2.05, 4.69) is 0 Å². The molecule has 0 unspecified atom stereocenters. The van der Waals surface area contributed by atoms with Gasteiger partial charge in [0.2, 0.25) is 0 Å². The molecule has 0 aromatic carbocycles. The van der Waals surface area contributed by atoms with Crippen LogP contribution >= 0.6 is 0 Å². The van der Waals surface area contributed by atoms with E-state index in [4.69, 9.17) is 15.3 Å². The van der Waals surface area contributed by atoms with E-state index in [1.807, 2.05) is 0 Å². The second-order valence-electron chi connectivity index (χ2n) is 3.84. The van der Waals surface area contributed by atoms with Crippen LogP contribution in [-0.4, -0.2) is 49.8 Å². The molecule has 4 N–H and O–H groups in total. The SMILES string of the molecule is [2H]c1c(C([2H])([2H])[2H])c(=O)[nH]c(=O)n1[C@@H]1O[C@H](CO)[C@H](O)[C@@H]1O. The highest BCUT2D eigenvalue weighted by Gasteiger charge is 2.43. The number of aliphatic hydroxyl groups is 3. The Morgan fingerprint density at radius 1 is 1.56 bits per heavy atom. The van der Waals surface area contributed by atoms with Crippen molar-refractivity contribution in [2.75, 3.05) is 6.61 Å². The van der Waals surface area contributed by atoms with Gasteiger partial charge in [0.25, 0.3) is 5.56 Å². The molecule has 0 saturated carbocycles. The van der Waals surface area contributed by atoms with Crippen LogP contribution < -0.4 is 11.2 Å². The molecule has 1 aromatic rings. The lowest BCUT2D eigenvalue weighted by Crippen LogP contribution is -2.38. The highest BCUT2D eigenvalue weighted by atomic mass is 16.6. The Hall–Kier alpha value is -1.48. The summed E-state index contributed by atoms with van der Waals surface area (Å²) in [7, 11) is 0. The molecule has 18 heavy (non-hydrogen) atoms. The number of aromatic nitrogens is 2. The highest BCUT2D eigenvalue weighted by molar-refractivity contribution is 5.03. The van der Waals surface area contributed by atoms with Gasteiger partial charge in [-0.25, -0.2) is 4.79 Å². The first kappa shape index (κ1) is 8.59. The van der Waals surface area contributed by atoms with E-state index in [1.165, 1.54) is 0 Å². The fourth-order valence-electron chi connectivity index (χ4n) is 1.71. The number of nitrogens with zero attached hydrogens (tertiary/aromatic N) is 1. The fourth-order valence-corrected chi connectivity index (χ4v) is 1.71. The zero-order valence-corrected chi connectivity index (χ0v) is 9.03. The van der Waals surface area contributed by atoms with Crippen molar-refractivity contribution >= 4 is 0 Å². The number of nitrogens with one attached hydrogen (secondary N) is 1. The molecule has 1 saturated heterocycles. The molecule has 2 rings (SSSR count). The van der Waals surface area contributed by atoms with Gasteiger partial charge in [-0.1, -0.05) is 0 Å². The minimum Gasteiger partial charge on any atom is -0.394 e. The van der Waals surface area contributed by atoms with Gasteiger partial charge in [-0.05, 0) is 6.85 Å². The summed E-state index contributed by atoms with van der Waals surface area (Å²) >= 11 is 0. The highest BCUT2D eigenvalue weighted by Crippen LogP contribution is 2.27. The zero-order valence-electron chi connectivity index (χ0n) is 13.0. The Morgan fingerprint density at radius 3 is 2.83 bits per heavy atom. The number of hydrogen-bond donors (Lipinski definition) is 4. The maximum absolute atomic E-state index is 11.8. The molecule has 1 aromatic heterocycles. The number of aromatic amines is 1. The standard InChI is InChI=1S/C10H14N2O6/c1-4-2-12(10(17)11-8(4)16)9-7(15)6(14)5(3-13)18-9/h2,5-7,9,13-15H,3H2,1H3,(H,11,16,17)/t5-,6+,7+,9-/m1/s1/i1D3,2D. The molecule has 100 valence electrons. The van der Waals surface area contributed by atoms with Gasteiger partial charge >= 0.3 is 5.69 Å². The lowest BCUT2D eigenvalue weighted by Gasteiger charge is -2.17. The summed E-state index contributed by atoms with van der Waals surface area (Å²) in [4.78, 5) is 25.2.